The molecule has 5 fully saturated rings. The number of aromatic nitrogens is 2. The van der Waals surface area contributed by atoms with Gasteiger partial charge in [0.1, 0.15) is 5.01 Å². The van der Waals surface area contributed by atoms with E-state index in [0.29, 0.717) is 16.8 Å². The van der Waals surface area contributed by atoms with Crippen molar-refractivity contribution in [3.05, 3.63) is 9.81 Å². The summed E-state index contributed by atoms with van der Waals surface area (Å²) < 4.78 is 7.69. The molecular formula is C23H36N4O2S. The number of nitrogens with one attached hydrogen (secondary N) is 1. The van der Waals surface area contributed by atoms with Gasteiger partial charge in [0.2, 0.25) is 4.80 Å². The van der Waals surface area contributed by atoms with Crippen LogP contribution >= 0.6 is 11.3 Å². The number of amides is 2. The molecule has 1 aliphatic heterocycles. The van der Waals surface area contributed by atoms with Crippen LogP contribution in [0.1, 0.15) is 77.1 Å². The third-order valence-corrected chi connectivity index (χ3v) is 9.01. The van der Waals surface area contributed by atoms with Crippen LogP contribution in [0.3, 0.4) is 0 Å². The van der Waals surface area contributed by atoms with Crippen molar-refractivity contribution in [3.63, 3.8) is 0 Å². The Hall–Kier alpha value is -1.21. The average Bonchev–Trinajstić information content (AvgIpc) is 3.30. The van der Waals surface area contributed by atoms with E-state index < -0.39 is 0 Å². The van der Waals surface area contributed by atoms with Crippen LogP contribution in [0, 0.1) is 23.2 Å². The first-order chi connectivity index (χ1) is 14.3. The summed E-state index contributed by atoms with van der Waals surface area (Å²) in [6.07, 6.45) is 10.5. The molecule has 4 bridgehead atoms. The number of carbonyl (C=O) groups is 1. The molecule has 5 aliphatic rings. The number of rotatable bonds is 4. The van der Waals surface area contributed by atoms with Crippen molar-refractivity contribution in [2.45, 2.75) is 90.2 Å². The summed E-state index contributed by atoms with van der Waals surface area (Å²) in [5.41, 5.74) is 0.268. The second-order valence-electron chi connectivity index (χ2n) is 11.4. The fourth-order valence-electron chi connectivity index (χ4n) is 6.69. The van der Waals surface area contributed by atoms with E-state index in [2.05, 4.69) is 31.1 Å². The van der Waals surface area contributed by atoms with Crippen molar-refractivity contribution in [1.29, 1.82) is 0 Å². The quantitative estimate of drug-likeness (QED) is 0.773. The second kappa shape index (κ2) is 7.73. The van der Waals surface area contributed by atoms with Crippen molar-refractivity contribution in [2.75, 3.05) is 13.2 Å². The standard InChI is InChI=1S/C23H36N4O2S/c1-22(2,3)19-26-27(13-18-5-4-6-29-18)21(30-19)25-20(28)24-14-23-10-15-7-16(11-23)9-17(8-15)12-23/h15-18H,4-14H2,1-3H3,(H,24,28)/b25-21-/t15?,16?,17?,18-,23?/m1/s1. The molecule has 6 nitrogen and oxygen atoms in total. The largest absolute Gasteiger partial charge is 0.376 e. The molecule has 1 aromatic rings. The minimum atomic E-state index is -0.212. The lowest BCUT2D eigenvalue weighted by Gasteiger charge is -2.56. The number of hydrogen-bond acceptors (Lipinski definition) is 4. The van der Waals surface area contributed by atoms with Crippen molar-refractivity contribution < 1.29 is 9.53 Å². The fraction of sp³-hybridized carbons (Fsp3) is 0.870. The highest BCUT2D eigenvalue weighted by Crippen LogP contribution is 2.59. The maximum absolute atomic E-state index is 12.8. The zero-order chi connectivity index (χ0) is 20.9. The Morgan fingerprint density at radius 3 is 2.47 bits per heavy atom. The van der Waals surface area contributed by atoms with Crippen LogP contribution in [0.4, 0.5) is 4.79 Å². The average molecular weight is 433 g/mol. The summed E-state index contributed by atoms with van der Waals surface area (Å²) >= 11 is 1.53. The normalized spacial score (nSPS) is 35.9. The Bertz CT molecular complexity index is 824. The number of urea groups is 1. The van der Waals surface area contributed by atoms with E-state index in [9.17, 15) is 4.79 Å². The molecule has 6 rings (SSSR count). The maximum atomic E-state index is 12.8. The number of hydrogen-bond donors (Lipinski definition) is 1. The smallest absolute Gasteiger partial charge is 0.343 e. The molecular weight excluding hydrogens is 396 g/mol. The predicted octanol–water partition coefficient (Wildman–Crippen LogP) is 4.25. The molecule has 1 N–H and O–H groups in total. The van der Waals surface area contributed by atoms with E-state index in [1.165, 1.54) is 49.9 Å². The molecule has 1 aromatic heterocycles. The van der Waals surface area contributed by atoms with Gasteiger partial charge in [-0.2, -0.15) is 10.1 Å². The van der Waals surface area contributed by atoms with Gasteiger partial charge < -0.3 is 10.1 Å². The Balaban J connectivity index is 1.31. The Morgan fingerprint density at radius 1 is 1.23 bits per heavy atom. The van der Waals surface area contributed by atoms with Gasteiger partial charge in [0.25, 0.3) is 0 Å². The lowest BCUT2D eigenvalue weighted by Crippen LogP contribution is -2.51. The molecule has 4 aliphatic carbocycles. The molecule has 0 radical (unpaired) electrons. The van der Waals surface area contributed by atoms with E-state index in [4.69, 9.17) is 9.84 Å². The molecule has 0 aromatic carbocycles. The Morgan fingerprint density at radius 2 is 1.90 bits per heavy atom. The second-order valence-corrected chi connectivity index (χ2v) is 12.4. The van der Waals surface area contributed by atoms with Crippen LogP contribution in [0.25, 0.3) is 0 Å². The van der Waals surface area contributed by atoms with Crippen LogP contribution in [-0.2, 0) is 16.7 Å². The Labute approximate surface area is 183 Å². The third-order valence-electron chi connectivity index (χ3n) is 7.64. The third kappa shape index (κ3) is 4.24. The minimum absolute atomic E-state index is 0.0631. The molecule has 7 heteroatoms. The SMILES string of the molecule is CC(C)(C)c1nn(C[C@H]2CCCO2)/c(=N/C(=O)NCC23CC4CC(CC(C4)C2)C3)s1. The van der Waals surface area contributed by atoms with Crippen molar-refractivity contribution in [3.8, 4) is 0 Å². The van der Waals surface area contributed by atoms with Crippen LogP contribution in [0.5, 0.6) is 0 Å². The van der Waals surface area contributed by atoms with Crippen molar-refractivity contribution in [1.82, 2.24) is 15.1 Å². The monoisotopic (exact) mass is 432 g/mol. The first-order valence-corrected chi connectivity index (χ1v) is 12.6. The van der Waals surface area contributed by atoms with Gasteiger partial charge >= 0.3 is 6.03 Å². The number of nitrogens with zero attached hydrogens (tertiary/aromatic N) is 3. The predicted molar refractivity (Wildman–Crippen MR) is 117 cm³/mol. The zero-order valence-corrected chi connectivity index (χ0v) is 19.5. The fourth-order valence-corrected chi connectivity index (χ4v) is 7.66. The summed E-state index contributed by atoms with van der Waals surface area (Å²) in [5.74, 6) is 2.69. The van der Waals surface area contributed by atoms with Gasteiger partial charge in [0.05, 0.1) is 12.6 Å². The van der Waals surface area contributed by atoms with Gasteiger partial charge in [-0.25, -0.2) is 9.48 Å². The highest BCUT2D eigenvalue weighted by Gasteiger charge is 2.50. The van der Waals surface area contributed by atoms with Gasteiger partial charge in [-0.3, -0.25) is 0 Å². The summed E-state index contributed by atoms with van der Waals surface area (Å²) in [6, 6.07) is -0.212. The van der Waals surface area contributed by atoms with Crippen LogP contribution < -0.4 is 10.1 Å². The van der Waals surface area contributed by atoms with Gasteiger partial charge in [0.15, 0.2) is 0 Å². The summed E-state index contributed by atoms with van der Waals surface area (Å²) in [7, 11) is 0. The molecule has 1 saturated heterocycles. The number of ether oxygens (including phenoxy) is 1. The lowest BCUT2D eigenvalue weighted by molar-refractivity contribution is -0.0497. The van der Waals surface area contributed by atoms with Gasteiger partial charge in [-0.05, 0) is 74.5 Å². The molecule has 2 heterocycles. The first-order valence-electron chi connectivity index (χ1n) is 11.8. The number of carbonyl (C=O) groups excluding carboxylic acids is 1. The van der Waals surface area contributed by atoms with Crippen LogP contribution in [0.15, 0.2) is 4.99 Å². The van der Waals surface area contributed by atoms with Crippen molar-refractivity contribution in [2.24, 2.45) is 28.2 Å². The first kappa shape index (κ1) is 20.7. The van der Waals surface area contributed by atoms with E-state index in [0.717, 1.165) is 48.8 Å². The van der Waals surface area contributed by atoms with Crippen molar-refractivity contribution >= 4 is 17.4 Å². The molecule has 0 spiro atoms. The molecule has 166 valence electrons. The zero-order valence-electron chi connectivity index (χ0n) is 18.7. The lowest BCUT2D eigenvalue weighted by atomic mass is 9.49. The van der Waals surface area contributed by atoms with E-state index in [1.54, 1.807) is 0 Å². The highest BCUT2D eigenvalue weighted by atomic mass is 32.1. The van der Waals surface area contributed by atoms with E-state index in [1.807, 2.05) is 4.68 Å². The van der Waals surface area contributed by atoms with E-state index in [-0.39, 0.29) is 17.6 Å². The molecule has 0 unspecified atom stereocenters. The summed E-state index contributed by atoms with van der Waals surface area (Å²) in [6.45, 7) is 8.74. The molecule has 4 saturated carbocycles. The maximum Gasteiger partial charge on any atom is 0.343 e. The summed E-state index contributed by atoms with van der Waals surface area (Å²) in [5, 5.41) is 8.99. The van der Waals surface area contributed by atoms with Gasteiger partial charge in [0, 0.05) is 18.6 Å². The van der Waals surface area contributed by atoms with E-state index >= 15 is 0 Å². The minimum Gasteiger partial charge on any atom is -0.376 e. The van der Waals surface area contributed by atoms with Gasteiger partial charge in [-0.15, -0.1) is 0 Å². The Kier molecular flexibility index (Phi) is 5.33. The molecule has 30 heavy (non-hydrogen) atoms. The summed E-state index contributed by atoms with van der Waals surface area (Å²) in [4.78, 5) is 18.0. The van der Waals surface area contributed by atoms with Crippen LogP contribution in [-0.4, -0.2) is 35.1 Å². The van der Waals surface area contributed by atoms with Gasteiger partial charge in [-0.1, -0.05) is 32.1 Å². The molecule has 2 amide bonds. The molecule has 1 atom stereocenters. The highest BCUT2D eigenvalue weighted by molar-refractivity contribution is 7.09. The topological polar surface area (TPSA) is 68.5 Å². The van der Waals surface area contributed by atoms with Crippen LogP contribution in [0.2, 0.25) is 0 Å².